The van der Waals surface area contributed by atoms with Gasteiger partial charge in [-0.1, -0.05) is 6.92 Å². The van der Waals surface area contributed by atoms with Crippen LogP contribution >= 0.6 is 11.3 Å². The zero-order chi connectivity index (χ0) is 21.4. The third kappa shape index (κ3) is 3.49. The van der Waals surface area contributed by atoms with Crippen LogP contribution in [-0.4, -0.2) is 32.5 Å². The Balaban J connectivity index is 1.83. The standard InChI is InChI=1S/C22H24FN3O3S/c1-3-15-6-4-5-10-24(15)19(27)13-25-18-9-11-30-20(18)21(28)26(22(25)29)16-7-8-17(23)14(2)12-16/h7-9,11-12,15H,3-6,10,13H2,1-2H3. The van der Waals surface area contributed by atoms with Crippen molar-refractivity contribution >= 4 is 27.5 Å². The number of piperidine rings is 1. The van der Waals surface area contributed by atoms with E-state index in [1.165, 1.54) is 34.1 Å². The molecule has 0 N–H and O–H groups in total. The Labute approximate surface area is 177 Å². The van der Waals surface area contributed by atoms with Gasteiger partial charge in [0.2, 0.25) is 5.91 Å². The highest BCUT2D eigenvalue weighted by Crippen LogP contribution is 2.21. The van der Waals surface area contributed by atoms with Crippen LogP contribution in [-0.2, 0) is 11.3 Å². The first kappa shape index (κ1) is 20.5. The Morgan fingerprint density at radius 1 is 1.23 bits per heavy atom. The lowest BCUT2D eigenvalue weighted by molar-refractivity contribution is -0.135. The fourth-order valence-electron chi connectivity index (χ4n) is 4.22. The molecule has 8 heteroatoms. The second-order valence-corrected chi connectivity index (χ2v) is 8.64. The summed E-state index contributed by atoms with van der Waals surface area (Å²) in [7, 11) is 0. The molecule has 1 aliphatic heterocycles. The summed E-state index contributed by atoms with van der Waals surface area (Å²) in [4.78, 5) is 41.3. The van der Waals surface area contributed by atoms with Crippen LogP contribution in [0.1, 0.15) is 38.2 Å². The van der Waals surface area contributed by atoms with E-state index in [-0.39, 0.29) is 18.5 Å². The van der Waals surface area contributed by atoms with E-state index in [0.717, 1.165) is 30.3 Å². The molecule has 30 heavy (non-hydrogen) atoms. The van der Waals surface area contributed by atoms with Crippen molar-refractivity contribution in [3.8, 4) is 5.69 Å². The van der Waals surface area contributed by atoms with E-state index in [1.54, 1.807) is 18.4 Å². The highest BCUT2D eigenvalue weighted by molar-refractivity contribution is 7.17. The Morgan fingerprint density at radius 2 is 2.03 bits per heavy atom. The lowest BCUT2D eigenvalue weighted by Crippen LogP contribution is -2.47. The number of aromatic nitrogens is 2. The van der Waals surface area contributed by atoms with Gasteiger partial charge in [0.25, 0.3) is 5.56 Å². The van der Waals surface area contributed by atoms with Crippen LogP contribution in [0, 0.1) is 12.7 Å². The summed E-state index contributed by atoms with van der Waals surface area (Å²) in [5.74, 6) is -0.521. The molecule has 4 rings (SSSR count). The third-order valence-electron chi connectivity index (χ3n) is 5.87. The molecule has 1 aliphatic rings. The molecule has 1 fully saturated rings. The monoisotopic (exact) mass is 429 g/mol. The molecular formula is C22H24FN3O3S. The van der Waals surface area contributed by atoms with Crippen LogP contribution in [0.25, 0.3) is 15.9 Å². The molecule has 0 aliphatic carbocycles. The number of halogens is 1. The average Bonchev–Trinajstić information content (AvgIpc) is 3.23. The van der Waals surface area contributed by atoms with E-state index >= 15 is 0 Å². The van der Waals surface area contributed by atoms with Gasteiger partial charge in [-0.05, 0) is 67.8 Å². The van der Waals surface area contributed by atoms with Gasteiger partial charge in [-0.2, -0.15) is 0 Å². The van der Waals surface area contributed by atoms with Crippen molar-refractivity contribution in [1.29, 1.82) is 0 Å². The number of nitrogens with zero attached hydrogens (tertiary/aromatic N) is 3. The molecule has 3 heterocycles. The summed E-state index contributed by atoms with van der Waals surface area (Å²) in [5.41, 5.74) is 0.0551. The van der Waals surface area contributed by atoms with Gasteiger partial charge >= 0.3 is 5.69 Å². The van der Waals surface area contributed by atoms with E-state index in [4.69, 9.17) is 0 Å². The number of likely N-dealkylation sites (tertiary alicyclic amines) is 1. The van der Waals surface area contributed by atoms with Gasteiger partial charge in [-0.25, -0.2) is 13.8 Å². The molecule has 1 atom stereocenters. The second-order valence-electron chi connectivity index (χ2n) is 7.72. The molecule has 158 valence electrons. The van der Waals surface area contributed by atoms with Gasteiger partial charge in [0.1, 0.15) is 17.1 Å². The van der Waals surface area contributed by atoms with Crippen LogP contribution in [0.5, 0.6) is 0 Å². The number of fused-ring (bicyclic) bond motifs is 1. The predicted octanol–water partition coefficient (Wildman–Crippen LogP) is 3.45. The number of rotatable bonds is 4. The molecule has 1 aromatic carbocycles. The number of hydrogen-bond donors (Lipinski definition) is 0. The van der Waals surface area contributed by atoms with E-state index in [9.17, 15) is 18.8 Å². The van der Waals surface area contributed by atoms with Gasteiger partial charge in [0, 0.05) is 12.6 Å². The van der Waals surface area contributed by atoms with Crippen molar-refractivity contribution in [2.24, 2.45) is 0 Å². The third-order valence-corrected chi connectivity index (χ3v) is 6.76. The van der Waals surface area contributed by atoms with Crippen molar-refractivity contribution in [3.63, 3.8) is 0 Å². The predicted molar refractivity (Wildman–Crippen MR) is 116 cm³/mol. The minimum absolute atomic E-state index is 0.114. The van der Waals surface area contributed by atoms with Crippen molar-refractivity contribution in [1.82, 2.24) is 14.0 Å². The van der Waals surface area contributed by atoms with E-state index in [2.05, 4.69) is 6.92 Å². The van der Waals surface area contributed by atoms with Gasteiger partial charge in [-0.15, -0.1) is 11.3 Å². The number of hydrogen-bond acceptors (Lipinski definition) is 4. The molecule has 0 radical (unpaired) electrons. The molecule has 2 aromatic heterocycles. The minimum Gasteiger partial charge on any atom is -0.338 e. The smallest absolute Gasteiger partial charge is 0.336 e. The summed E-state index contributed by atoms with van der Waals surface area (Å²) < 4.78 is 16.5. The SMILES string of the molecule is CCC1CCCCN1C(=O)Cn1c(=O)n(-c2ccc(F)c(C)c2)c(=O)c2sccc21. The van der Waals surface area contributed by atoms with Gasteiger partial charge in [0.05, 0.1) is 11.2 Å². The molecule has 3 aromatic rings. The molecule has 6 nitrogen and oxygen atoms in total. The van der Waals surface area contributed by atoms with Crippen molar-refractivity contribution in [2.45, 2.75) is 52.1 Å². The molecular weight excluding hydrogens is 405 g/mol. The minimum atomic E-state index is -0.588. The lowest BCUT2D eigenvalue weighted by Gasteiger charge is -2.35. The molecule has 0 saturated carbocycles. The zero-order valence-electron chi connectivity index (χ0n) is 17.1. The van der Waals surface area contributed by atoms with Crippen molar-refractivity contribution in [2.75, 3.05) is 6.54 Å². The van der Waals surface area contributed by atoms with Crippen molar-refractivity contribution in [3.05, 3.63) is 61.9 Å². The number of thiophene rings is 1. The number of amides is 1. The number of benzene rings is 1. The Morgan fingerprint density at radius 3 is 2.77 bits per heavy atom. The molecule has 0 spiro atoms. The van der Waals surface area contributed by atoms with E-state index in [0.29, 0.717) is 28.0 Å². The summed E-state index contributed by atoms with van der Waals surface area (Å²) in [6, 6.07) is 6.01. The maximum atomic E-state index is 13.7. The van der Waals surface area contributed by atoms with Gasteiger partial charge in [-0.3, -0.25) is 14.2 Å². The first-order valence-corrected chi connectivity index (χ1v) is 11.1. The summed E-state index contributed by atoms with van der Waals surface area (Å²) >= 11 is 1.23. The fraction of sp³-hybridized carbons (Fsp3) is 0.409. The quantitative estimate of drug-likeness (QED) is 0.638. The van der Waals surface area contributed by atoms with Crippen LogP contribution in [0.4, 0.5) is 4.39 Å². The summed E-state index contributed by atoms with van der Waals surface area (Å²) in [5, 5.41) is 1.74. The highest BCUT2D eigenvalue weighted by Gasteiger charge is 2.27. The van der Waals surface area contributed by atoms with Crippen LogP contribution in [0.15, 0.2) is 39.2 Å². The normalized spacial score (nSPS) is 16.9. The molecule has 1 saturated heterocycles. The Hall–Kier alpha value is -2.74. The van der Waals surface area contributed by atoms with Crippen LogP contribution in [0.3, 0.4) is 0 Å². The van der Waals surface area contributed by atoms with Gasteiger partial charge in [0.15, 0.2) is 0 Å². The van der Waals surface area contributed by atoms with E-state index in [1.807, 2.05) is 4.90 Å². The zero-order valence-corrected chi connectivity index (χ0v) is 17.9. The summed E-state index contributed by atoms with van der Waals surface area (Å²) in [6.45, 7) is 4.21. The Kier molecular flexibility index (Phi) is 5.60. The lowest BCUT2D eigenvalue weighted by atomic mass is 10.00. The molecule has 1 amide bonds. The average molecular weight is 430 g/mol. The van der Waals surface area contributed by atoms with Crippen molar-refractivity contribution < 1.29 is 9.18 Å². The maximum Gasteiger partial charge on any atom is 0.336 e. The number of carbonyl (C=O) groups excluding carboxylic acids is 1. The molecule has 0 bridgehead atoms. The largest absolute Gasteiger partial charge is 0.338 e. The maximum absolute atomic E-state index is 13.7. The summed E-state index contributed by atoms with van der Waals surface area (Å²) in [6.07, 6.45) is 3.91. The van der Waals surface area contributed by atoms with Crippen LogP contribution in [0.2, 0.25) is 0 Å². The highest BCUT2D eigenvalue weighted by atomic mass is 32.1. The number of aryl methyl sites for hydroxylation is 1. The molecule has 1 unspecified atom stereocenters. The first-order valence-electron chi connectivity index (χ1n) is 10.2. The van der Waals surface area contributed by atoms with Gasteiger partial charge < -0.3 is 4.90 Å². The van der Waals surface area contributed by atoms with E-state index < -0.39 is 17.1 Å². The van der Waals surface area contributed by atoms with Crippen LogP contribution < -0.4 is 11.2 Å². The fourth-order valence-corrected chi connectivity index (χ4v) is 5.04. The Bertz CT molecular complexity index is 1230. The second kappa shape index (κ2) is 8.18. The number of carbonyl (C=O) groups is 1. The first-order chi connectivity index (χ1) is 14.4. The topological polar surface area (TPSA) is 64.3 Å².